The minimum atomic E-state index is -3.92. The van der Waals surface area contributed by atoms with Crippen LogP contribution in [-0.2, 0) is 14.8 Å². The van der Waals surface area contributed by atoms with Gasteiger partial charge in [-0.1, -0.05) is 0 Å². The van der Waals surface area contributed by atoms with Crippen molar-refractivity contribution in [2.24, 2.45) is 0 Å². The largest absolute Gasteiger partial charge is 0.377 e. The third kappa shape index (κ3) is 3.96. The molecule has 9 heteroatoms. The van der Waals surface area contributed by atoms with Gasteiger partial charge in [0.15, 0.2) is 0 Å². The fourth-order valence-electron chi connectivity index (χ4n) is 2.06. The highest BCUT2D eigenvalue weighted by atomic mass is 32.2. The Bertz CT molecular complexity index is 629. The van der Waals surface area contributed by atoms with Crippen molar-refractivity contribution in [1.29, 1.82) is 0 Å². The Kier molecular flexibility index (Phi) is 4.86. The summed E-state index contributed by atoms with van der Waals surface area (Å²) < 4.78 is 45.2. The molecule has 1 aromatic rings. The second kappa shape index (κ2) is 6.46. The molecule has 1 fully saturated rings. The average molecular weight is 318 g/mol. The van der Waals surface area contributed by atoms with E-state index < -0.39 is 26.5 Å². The van der Waals surface area contributed by atoms with Crippen molar-refractivity contribution in [3.8, 4) is 0 Å². The molecule has 1 unspecified atom stereocenters. The second-order valence-electron chi connectivity index (χ2n) is 4.71. The standard InChI is InChI=1S/C12H15FN2O5S/c13-11-7-10(4-5-12(11)15(16)17)21(18,19)14-8-9-3-1-2-6-20-9/h4-5,7,9,14H,1-3,6,8H2. The van der Waals surface area contributed by atoms with Gasteiger partial charge in [0.05, 0.1) is 15.9 Å². The lowest BCUT2D eigenvalue weighted by molar-refractivity contribution is -0.387. The molecule has 116 valence electrons. The topological polar surface area (TPSA) is 98.5 Å². The number of rotatable bonds is 5. The van der Waals surface area contributed by atoms with Gasteiger partial charge in [-0.25, -0.2) is 13.1 Å². The van der Waals surface area contributed by atoms with Crippen LogP contribution in [0.5, 0.6) is 0 Å². The lowest BCUT2D eigenvalue weighted by atomic mass is 10.1. The zero-order valence-corrected chi connectivity index (χ0v) is 11.9. The molecule has 2 rings (SSSR count). The summed E-state index contributed by atoms with van der Waals surface area (Å²) in [6.45, 7) is 0.694. The predicted octanol–water partition coefficient (Wildman–Crippen LogP) is 1.58. The number of hydrogen-bond acceptors (Lipinski definition) is 5. The molecule has 1 atom stereocenters. The molecule has 0 aliphatic carbocycles. The Morgan fingerprint density at radius 2 is 2.19 bits per heavy atom. The number of halogens is 1. The van der Waals surface area contributed by atoms with E-state index in [1.807, 2.05) is 0 Å². The number of hydrogen-bond donors (Lipinski definition) is 1. The summed E-state index contributed by atoms with van der Waals surface area (Å²) >= 11 is 0. The van der Waals surface area contributed by atoms with Crippen molar-refractivity contribution in [2.75, 3.05) is 13.2 Å². The zero-order valence-electron chi connectivity index (χ0n) is 11.1. The van der Waals surface area contributed by atoms with Crippen LogP contribution >= 0.6 is 0 Å². The molecule has 0 saturated carbocycles. The van der Waals surface area contributed by atoms with Crippen molar-refractivity contribution in [3.05, 3.63) is 34.1 Å². The Labute approximate surface area is 121 Å². The van der Waals surface area contributed by atoms with Crippen LogP contribution in [0.4, 0.5) is 10.1 Å². The SMILES string of the molecule is O=[N+]([O-])c1ccc(S(=O)(=O)NCC2CCCCO2)cc1F. The maximum atomic E-state index is 13.5. The fourth-order valence-corrected chi connectivity index (χ4v) is 3.14. The molecule has 1 saturated heterocycles. The van der Waals surface area contributed by atoms with Gasteiger partial charge in [-0.15, -0.1) is 0 Å². The number of nitro groups is 1. The number of nitro benzene ring substituents is 1. The first-order valence-electron chi connectivity index (χ1n) is 6.45. The molecule has 0 bridgehead atoms. The van der Waals surface area contributed by atoms with E-state index in [1.54, 1.807) is 0 Å². The lowest BCUT2D eigenvalue weighted by Gasteiger charge is -2.22. The summed E-state index contributed by atoms with van der Waals surface area (Å²) in [5, 5.41) is 10.5. The summed E-state index contributed by atoms with van der Waals surface area (Å²) in [5.41, 5.74) is -0.760. The zero-order chi connectivity index (χ0) is 15.5. The van der Waals surface area contributed by atoms with Gasteiger partial charge < -0.3 is 4.74 Å². The molecular weight excluding hydrogens is 303 g/mol. The van der Waals surface area contributed by atoms with Gasteiger partial charge in [0, 0.05) is 25.3 Å². The van der Waals surface area contributed by atoms with E-state index in [0.29, 0.717) is 12.7 Å². The highest BCUT2D eigenvalue weighted by Crippen LogP contribution is 2.21. The smallest absolute Gasteiger partial charge is 0.304 e. The summed E-state index contributed by atoms with van der Waals surface area (Å²) in [6, 6.07) is 2.48. The van der Waals surface area contributed by atoms with Gasteiger partial charge in [-0.3, -0.25) is 10.1 Å². The first-order chi connectivity index (χ1) is 9.90. The first kappa shape index (κ1) is 15.8. The molecule has 1 heterocycles. The van der Waals surface area contributed by atoms with Crippen molar-refractivity contribution in [3.63, 3.8) is 0 Å². The number of nitrogens with one attached hydrogen (secondary N) is 1. The fraction of sp³-hybridized carbons (Fsp3) is 0.500. The lowest BCUT2D eigenvalue weighted by Crippen LogP contribution is -2.35. The summed E-state index contributed by atoms with van der Waals surface area (Å²) in [6.07, 6.45) is 2.49. The van der Waals surface area contributed by atoms with Crippen molar-refractivity contribution in [1.82, 2.24) is 4.72 Å². The average Bonchev–Trinajstić information content (AvgIpc) is 2.46. The van der Waals surface area contributed by atoms with Gasteiger partial charge in [0.25, 0.3) is 0 Å². The third-order valence-electron chi connectivity index (χ3n) is 3.20. The van der Waals surface area contributed by atoms with E-state index in [2.05, 4.69) is 4.72 Å². The second-order valence-corrected chi connectivity index (χ2v) is 6.48. The van der Waals surface area contributed by atoms with Crippen molar-refractivity contribution in [2.45, 2.75) is 30.3 Å². The van der Waals surface area contributed by atoms with Crippen LogP contribution in [0.1, 0.15) is 19.3 Å². The quantitative estimate of drug-likeness (QED) is 0.656. The monoisotopic (exact) mass is 318 g/mol. The predicted molar refractivity (Wildman–Crippen MR) is 71.8 cm³/mol. The van der Waals surface area contributed by atoms with Crippen LogP contribution in [0.25, 0.3) is 0 Å². The number of ether oxygens (including phenoxy) is 1. The van der Waals surface area contributed by atoms with E-state index in [4.69, 9.17) is 4.74 Å². The van der Waals surface area contributed by atoms with Crippen molar-refractivity contribution < 1.29 is 22.5 Å². The Balaban J connectivity index is 2.08. The van der Waals surface area contributed by atoms with Crippen LogP contribution < -0.4 is 4.72 Å². The number of sulfonamides is 1. The van der Waals surface area contributed by atoms with Crippen LogP contribution in [0.15, 0.2) is 23.1 Å². The summed E-state index contributed by atoms with van der Waals surface area (Å²) in [5.74, 6) is -1.18. The Morgan fingerprint density at radius 3 is 2.76 bits per heavy atom. The first-order valence-corrected chi connectivity index (χ1v) is 7.93. The maximum Gasteiger partial charge on any atom is 0.304 e. The van der Waals surface area contributed by atoms with E-state index in [9.17, 15) is 22.9 Å². The van der Waals surface area contributed by atoms with Crippen LogP contribution in [0.3, 0.4) is 0 Å². The van der Waals surface area contributed by atoms with Gasteiger partial charge >= 0.3 is 5.69 Å². The van der Waals surface area contributed by atoms with Gasteiger partial charge in [-0.05, 0) is 25.3 Å². The Morgan fingerprint density at radius 1 is 1.43 bits per heavy atom. The summed E-state index contributed by atoms with van der Waals surface area (Å²) in [4.78, 5) is 9.25. The van der Waals surface area contributed by atoms with E-state index in [-0.39, 0.29) is 17.5 Å². The molecule has 1 aromatic carbocycles. The van der Waals surface area contributed by atoms with Gasteiger partial charge in [-0.2, -0.15) is 4.39 Å². The highest BCUT2D eigenvalue weighted by molar-refractivity contribution is 7.89. The van der Waals surface area contributed by atoms with Gasteiger partial charge in [0.2, 0.25) is 15.8 Å². The minimum absolute atomic E-state index is 0.0982. The van der Waals surface area contributed by atoms with Crippen LogP contribution in [-0.4, -0.2) is 32.6 Å². The molecule has 1 N–H and O–H groups in total. The van der Waals surface area contributed by atoms with E-state index >= 15 is 0 Å². The molecule has 0 amide bonds. The van der Waals surface area contributed by atoms with Gasteiger partial charge in [0.1, 0.15) is 0 Å². The molecule has 0 aromatic heterocycles. The molecule has 0 radical (unpaired) electrons. The number of benzene rings is 1. The van der Waals surface area contributed by atoms with E-state index in [1.165, 1.54) is 0 Å². The Hall–Kier alpha value is -1.58. The molecular formula is C12H15FN2O5S. The normalized spacial score (nSPS) is 19.4. The summed E-state index contributed by atoms with van der Waals surface area (Å²) in [7, 11) is -3.92. The number of nitrogens with zero attached hydrogens (tertiary/aromatic N) is 1. The molecule has 21 heavy (non-hydrogen) atoms. The minimum Gasteiger partial charge on any atom is -0.377 e. The van der Waals surface area contributed by atoms with Crippen molar-refractivity contribution >= 4 is 15.7 Å². The van der Waals surface area contributed by atoms with E-state index in [0.717, 1.165) is 31.4 Å². The molecule has 0 spiro atoms. The highest BCUT2D eigenvalue weighted by Gasteiger charge is 2.22. The van der Waals surface area contributed by atoms with Crippen LogP contribution in [0.2, 0.25) is 0 Å². The molecule has 7 nitrogen and oxygen atoms in total. The molecule has 1 aliphatic rings. The maximum absolute atomic E-state index is 13.5. The van der Waals surface area contributed by atoms with Crippen LogP contribution in [0, 0.1) is 15.9 Å². The third-order valence-corrected chi connectivity index (χ3v) is 4.62. The molecule has 1 aliphatic heterocycles.